The SMILES string of the molecule is CCNC1CCCCCC1c1ccc2cccnc2c1. The van der Waals surface area contributed by atoms with Crippen molar-refractivity contribution >= 4 is 10.9 Å². The van der Waals surface area contributed by atoms with Crippen LogP contribution in [0.1, 0.15) is 50.5 Å². The molecule has 2 aromatic rings. The molecular weight excluding hydrogens is 244 g/mol. The Bertz CT molecular complexity index is 564. The highest BCUT2D eigenvalue weighted by Crippen LogP contribution is 2.33. The van der Waals surface area contributed by atoms with Gasteiger partial charge in [0.15, 0.2) is 0 Å². The molecule has 1 heterocycles. The van der Waals surface area contributed by atoms with Crippen molar-refractivity contribution in [3.05, 3.63) is 42.1 Å². The van der Waals surface area contributed by atoms with Crippen LogP contribution in [0.4, 0.5) is 0 Å². The number of pyridine rings is 1. The number of rotatable bonds is 3. The van der Waals surface area contributed by atoms with Crippen LogP contribution in [0.5, 0.6) is 0 Å². The Morgan fingerprint density at radius 2 is 2.05 bits per heavy atom. The fourth-order valence-electron chi connectivity index (χ4n) is 3.53. The molecule has 1 saturated carbocycles. The van der Waals surface area contributed by atoms with Crippen molar-refractivity contribution in [2.24, 2.45) is 0 Å². The van der Waals surface area contributed by atoms with E-state index in [2.05, 4.69) is 41.5 Å². The van der Waals surface area contributed by atoms with E-state index in [9.17, 15) is 0 Å². The van der Waals surface area contributed by atoms with E-state index in [4.69, 9.17) is 0 Å². The molecule has 0 radical (unpaired) electrons. The molecule has 0 bridgehead atoms. The molecule has 106 valence electrons. The fraction of sp³-hybridized carbons (Fsp3) is 0.500. The van der Waals surface area contributed by atoms with E-state index < -0.39 is 0 Å². The highest BCUT2D eigenvalue weighted by molar-refractivity contribution is 5.79. The molecule has 2 heteroatoms. The molecule has 3 rings (SSSR count). The monoisotopic (exact) mass is 268 g/mol. The van der Waals surface area contributed by atoms with Gasteiger partial charge in [-0.25, -0.2) is 0 Å². The van der Waals surface area contributed by atoms with Gasteiger partial charge < -0.3 is 5.32 Å². The number of hydrogen-bond donors (Lipinski definition) is 1. The molecule has 2 nitrogen and oxygen atoms in total. The lowest BCUT2D eigenvalue weighted by Crippen LogP contribution is -2.34. The molecule has 2 atom stereocenters. The number of nitrogens with one attached hydrogen (secondary N) is 1. The molecule has 2 unspecified atom stereocenters. The maximum Gasteiger partial charge on any atom is 0.0704 e. The Morgan fingerprint density at radius 3 is 2.95 bits per heavy atom. The molecule has 0 amide bonds. The van der Waals surface area contributed by atoms with Crippen molar-refractivity contribution in [1.82, 2.24) is 10.3 Å². The van der Waals surface area contributed by atoms with Gasteiger partial charge in [0.2, 0.25) is 0 Å². The molecule has 1 N–H and O–H groups in total. The Kier molecular flexibility index (Phi) is 4.31. The summed E-state index contributed by atoms with van der Waals surface area (Å²) in [5.41, 5.74) is 2.59. The minimum absolute atomic E-state index is 0.628. The standard InChI is InChI=1S/C18H24N2/c1-2-19-17-9-5-3-4-8-16(17)15-11-10-14-7-6-12-20-18(14)13-15/h6-7,10-13,16-17,19H,2-5,8-9H2,1H3. The van der Waals surface area contributed by atoms with Crippen LogP contribution in [0.15, 0.2) is 36.5 Å². The number of hydrogen-bond acceptors (Lipinski definition) is 2. The Balaban J connectivity index is 1.93. The van der Waals surface area contributed by atoms with Crippen molar-refractivity contribution in [1.29, 1.82) is 0 Å². The molecule has 1 aromatic heterocycles. The van der Waals surface area contributed by atoms with Crippen LogP contribution in [0, 0.1) is 0 Å². The Labute approximate surface area is 121 Å². The van der Waals surface area contributed by atoms with Gasteiger partial charge in [-0.05, 0) is 43.0 Å². The van der Waals surface area contributed by atoms with E-state index in [1.807, 2.05) is 12.3 Å². The van der Waals surface area contributed by atoms with Crippen molar-refractivity contribution in [3.63, 3.8) is 0 Å². The summed E-state index contributed by atoms with van der Waals surface area (Å²) >= 11 is 0. The van der Waals surface area contributed by atoms with Crippen LogP contribution < -0.4 is 5.32 Å². The van der Waals surface area contributed by atoms with Gasteiger partial charge in [-0.15, -0.1) is 0 Å². The highest BCUT2D eigenvalue weighted by Gasteiger charge is 2.24. The predicted molar refractivity (Wildman–Crippen MR) is 85.0 cm³/mol. The summed E-state index contributed by atoms with van der Waals surface area (Å²) in [6.07, 6.45) is 8.59. The topological polar surface area (TPSA) is 24.9 Å². The average Bonchev–Trinajstić information content (AvgIpc) is 2.73. The summed E-state index contributed by atoms with van der Waals surface area (Å²) in [4.78, 5) is 4.51. The minimum Gasteiger partial charge on any atom is -0.314 e. The zero-order chi connectivity index (χ0) is 13.8. The third-order valence-corrected chi connectivity index (χ3v) is 4.54. The van der Waals surface area contributed by atoms with E-state index in [0.717, 1.165) is 12.1 Å². The lowest BCUT2D eigenvalue weighted by molar-refractivity contribution is 0.419. The van der Waals surface area contributed by atoms with Crippen LogP contribution in [0.2, 0.25) is 0 Å². The second-order valence-corrected chi connectivity index (χ2v) is 5.86. The smallest absolute Gasteiger partial charge is 0.0704 e. The van der Waals surface area contributed by atoms with Gasteiger partial charge in [0, 0.05) is 17.6 Å². The Morgan fingerprint density at radius 1 is 1.15 bits per heavy atom. The molecular formula is C18H24N2. The van der Waals surface area contributed by atoms with Gasteiger partial charge in [-0.3, -0.25) is 4.98 Å². The van der Waals surface area contributed by atoms with Crippen LogP contribution in [-0.2, 0) is 0 Å². The summed E-state index contributed by atoms with van der Waals surface area (Å²) in [5.74, 6) is 0.642. The van der Waals surface area contributed by atoms with Crippen LogP contribution in [-0.4, -0.2) is 17.6 Å². The molecule has 0 saturated heterocycles. The maximum atomic E-state index is 4.51. The van der Waals surface area contributed by atoms with Crippen molar-refractivity contribution in [3.8, 4) is 0 Å². The molecule has 0 spiro atoms. The van der Waals surface area contributed by atoms with Crippen LogP contribution in [0.3, 0.4) is 0 Å². The fourth-order valence-corrected chi connectivity index (χ4v) is 3.53. The number of benzene rings is 1. The van der Waals surface area contributed by atoms with Gasteiger partial charge in [-0.1, -0.05) is 44.4 Å². The molecule has 20 heavy (non-hydrogen) atoms. The van der Waals surface area contributed by atoms with E-state index in [0.29, 0.717) is 12.0 Å². The average molecular weight is 268 g/mol. The quantitative estimate of drug-likeness (QED) is 0.841. The lowest BCUT2D eigenvalue weighted by Gasteiger charge is -2.26. The van der Waals surface area contributed by atoms with E-state index in [-0.39, 0.29) is 0 Å². The molecule has 1 aliphatic rings. The second-order valence-electron chi connectivity index (χ2n) is 5.86. The van der Waals surface area contributed by atoms with Gasteiger partial charge >= 0.3 is 0 Å². The van der Waals surface area contributed by atoms with E-state index >= 15 is 0 Å². The Hall–Kier alpha value is -1.41. The van der Waals surface area contributed by atoms with E-state index in [1.54, 1.807) is 0 Å². The predicted octanol–water partition coefficient (Wildman–Crippen LogP) is 4.26. The summed E-state index contributed by atoms with van der Waals surface area (Å²) in [5, 5.41) is 4.94. The third kappa shape index (κ3) is 2.85. The zero-order valence-electron chi connectivity index (χ0n) is 12.3. The summed E-state index contributed by atoms with van der Waals surface area (Å²) < 4.78 is 0. The minimum atomic E-state index is 0.628. The van der Waals surface area contributed by atoms with Crippen molar-refractivity contribution < 1.29 is 0 Å². The van der Waals surface area contributed by atoms with Crippen molar-refractivity contribution in [2.75, 3.05) is 6.54 Å². The van der Waals surface area contributed by atoms with Crippen molar-refractivity contribution in [2.45, 2.75) is 51.0 Å². The largest absolute Gasteiger partial charge is 0.314 e. The zero-order valence-corrected chi connectivity index (χ0v) is 12.3. The first kappa shape index (κ1) is 13.6. The highest BCUT2D eigenvalue weighted by atomic mass is 14.9. The molecule has 1 aromatic carbocycles. The normalized spacial score (nSPS) is 23.6. The third-order valence-electron chi connectivity index (χ3n) is 4.54. The number of nitrogens with zero attached hydrogens (tertiary/aromatic N) is 1. The molecule has 1 aliphatic carbocycles. The number of aromatic nitrogens is 1. The first-order valence-electron chi connectivity index (χ1n) is 7.96. The lowest BCUT2D eigenvalue weighted by atomic mass is 9.87. The molecule has 1 fully saturated rings. The summed E-state index contributed by atoms with van der Waals surface area (Å²) in [6, 6.07) is 11.6. The van der Waals surface area contributed by atoms with Gasteiger partial charge in [0.1, 0.15) is 0 Å². The van der Waals surface area contributed by atoms with Gasteiger partial charge in [0.05, 0.1) is 5.52 Å². The first-order chi connectivity index (χ1) is 9.88. The van der Waals surface area contributed by atoms with Gasteiger partial charge in [-0.2, -0.15) is 0 Å². The number of fused-ring (bicyclic) bond motifs is 1. The first-order valence-corrected chi connectivity index (χ1v) is 7.96. The van der Waals surface area contributed by atoms with Crippen LogP contribution in [0.25, 0.3) is 10.9 Å². The molecule has 0 aliphatic heterocycles. The maximum absolute atomic E-state index is 4.51. The van der Waals surface area contributed by atoms with E-state index in [1.165, 1.54) is 43.1 Å². The van der Waals surface area contributed by atoms with Gasteiger partial charge in [0.25, 0.3) is 0 Å². The van der Waals surface area contributed by atoms with Crippen LogP contribution >= 0.6 is 0 Å². The number of likely N-dealkylation sites (N-methyl/N-ethyl adjacent to an activating group) is 1. The second kappa shape index (κ2) is 6.36. The summed E-state index contributed by atoms with van der Waals surface area (Å²) in [7, 11) is 0. The summed E-state index contributed by atoms with van der Waals surface area (Å²) in [6.45, 7) is 3.27.